The second kappa shape index (κ2) is 13.9. The van der Waals surface area contributed by atoms with Crippen LogP contribution < -0.4 is 4.90 Å². The first-order valence-corrected chi connectivity index (χ1v) is 19.4. The summed E-state index contributed by atoms with van der Waals surface area (Å²) in [5.74, 6) is 0.515. The molecule has 0 saturated heterocycles. The van der Waals surface area contributed by atoms with E-state index in [1.54, 1.807) is 0 Å². The number of fused-ring (bicyclic) bond motifs is 4. The van der Waals surface area contributed by atoms with Gasteiger partial charge in [-0.2, -0.15) is 0 Å². The van der Waals surface area contributed by atoms with E-state index >= 15 is 0 Å². The minimum Gasteiger partial charge on any atom is -0.456 e. The van der Waals surface area contributed by atoms with E-state index in [0.717, 1.165) is 33.3 Å². The summed E-state index contributed by atoms with van der Waals surface area (Å²) in [6.07, 6.45) is 6.32. The maximum Gasteiger partial charge on any atom is 0.137 e. The summed E-state index contributed by atoms with van der Waals surface area (Å²) in [4.78, 5) is 2.50. The van der Waals surface area contributed by atoms with Crippen LogP contribution in [-0.4, -0.2) is 0 Å². The normalized spacial score (nSPS) is 13.5. The van der Waals surface area contributed by atoms with Crippen molar-refractivity contribution in [3.05, 3.63) is 188 Å². The molecule has 1 aromatic heterocycles. The Morgan fingerprint density at radius 1 is 0.426 bits per heavy atom. The van der Waals surface area contributed by atoms with Crippen LogP contribution in [0.15, 0.2) is 186 Å². The van der Waals surface area contributed by atoms with Gasteiger partial charge in [0.05, 0.1) is 5.69 Å². The number of furan rings is 1. The van der Waals surface area contributed by atoms with Gasteiger partial charge < -0.3 is 9.32 Å². The van der Waals surface area contributed by atoms with Crippen molar-refractivity contribution in [2.75, 3.05) is 4.90 Å². The Morgan fingerprint density at radius 2 is 1.04 bits per heavy atom. The van der Waals surface area contributed by atoms with Crippen LogP contribution >= 0.6 is 0 Å². The molecular weight excluding hydrogens is 655 g/mol. The Labute approximate surface area is 316 Å². The molecule has 8 aromatic carbocycles. The van der Waals surface area contributed by atoms with Gasteiger partial charge in [0.25, 0.3) is 0 Å². The topological polar surface area (TPSA) is 16.4 Å². The third-order valence-corrected chi connectivity index (χ3v) is 11.5. The average Bonchev–Trinajstić information content (AvgIpc) is 3.63. The number of hydrogen-bond donors (Lipinski definition) is 0. The lowest BCUT2D eigenvalue weighted by atomic mass is 9.82. The van der Waals surface area contributed by atoms with Crippen LogP contribution in [0.3, 0.4) is 0 Å². The van der Waals surface area contributed by atoms with E-state index in [1.165, 1.54) is 87.5 Å². The summed E-state index contributed by atoms with van der Waals surface area (Å²) in [6.45, 7) is 0. The minimum absolute atomic E-state index is 0.515. The third kappa shape index (κ3) is 5.76. The zero-order chi connectivity index (χ0) is 35.8. The summed E-state index contributed by atoms with van der Waals surface area (Å²) in [7, 11) is 0. The molecule has 54 heavy (non-hydrogen) atoms. The number of benzene rings is 8. The monoisotopic (exact) mass is 695 g/mol. The van der Waals surface area contributed by atoms with Gasteiger partial charge in [-0.25, -0.2) is 0 Å². The Balaban J connectivity index is 1.19. The highest BCUT2D eigenvalue weighted by Crippen LogP contribution is 2.48. The lowest BCUT2D eigenvalue weighted by Gasteiger charge is -2.33. The zero-order valence-electron chi connectivity index (χ0n) is 30.3. The Hall–Kier alpha value is -6.38. The van der Waals surface area contributed by atoms with Gasteiger partial charge in [0.2, 0.25) is 0 Å². The molecule has 1 saturated carbocycles. The van der Waals surface area contributed by atoms with Crippen molar-refractivity contribution in [3.63, 3.8) is 0 Å². The smallest absolute Gasteiger partial charge is 0.137 e. The molecule has 1 fully saturated rings. The van der Waals surface area contributed by atoms with Crippen molar-refractivity contribution in [2.45, 2.75) is 38.0 Å². The van der Waals surface area contributed by atoms with E-state index in [4.69, 9.17) is 4.42 Å². The van der Waals surface area contributed by atoms with Crippen molar-refractivity contribution in [2.24, 2.45) is 0 Å². The van der Waals surface area contributed by atoms with Crippen LogP contribution in [-0.2, 0) is 0 Å². The molecule has 0 unspecified atom stereocenters. The van der Waals surface area contributed by atoms with Crippen LogP contribution in [0.25, 0.3) is 66.1 Å². The van der Waals surface area contributed by atoms with Gasteiger partial charge in [-0.3, -0.25) is 0 Å². The van der Waals surface area contributed by atoms with Crippen LogP contribution in [0.1, 0.15) is 43.6 Å². The summed E-state index contributed by atoms with van der Waals surface area (Å²) >= 11 is 0. The summed E-state index contributed by atoms with van der Waals surface area (Å²) in [5, 5.41) is 4.81. The van der Waals surface area contributed by atoms with E-state index < -0.39 is 0 Å². The van der Waals surface area contributed by atoms with Crippen LogP contribution in [0.5, 0.6) is 0 Å². The largest absolute Gasteiger partial charge is 0.456 e. The Bertz CT molecular complexity index is 2680. The number of anilines is 3. The fourth-order valence-electron chi connectivity index (χ4n) is 8.88. The standard InChI is InChI=1S/C52H41NO/c1-4-15-36(16-5-1)43-24-14-25-44(37-17-6-2-7-18-37)51(43)40-27-30-41(31-28-40)53(42-32-34-48-47-23-12-13-26-49(47)54-50(48)35-42)52-45-22-11-10-21-39(45)29-33-46(52)38-19-8-3-9-20-38/h1-2,4-7,10-18,21-35,38H,3,8-9,19-20H2. The van der Waals surface area contributed by atoms with Gasteiger partial charge in [-0.05, 0) is 93.4 Å². The number of hydrogen-bond acceptors (Lipinski definition) is 2. The second-order valence-electron chi connectivity index (χ2n) is 14.7. The molecule has 9 aromatic rings. The highest BCUT2D eigenvalue weighted by Gasteiger charge is 2.26. The quantitative estimate of drug-likeness (QED) is 0.165. The first kappa shape index (κ1) is 32.3. The molecule has 0 bridgehead atoms. The SMILES string of the molecule is c1ccc(-c2cccc(-c3ccccc3)c2-c2ccc(N(c3ccc4c(c3)oc3ccccc34)c3c(C4CCCCC4)ccc4ccccc34)cc2)cc1. The third-order valence-electron chi connectivity index (χ3n) is 11.5. The van der Waals surface area contributed by atoms with Crippen LogP contribution in [0.4, 0.5) is 17.1 Å². The molecule has 2 nitrogen and oxygen atoms in total. The molecule has 0 amide bonds. The highest BCUT2D eigenvalue weighted by molar-refractivity contribution is 6.07. The minimum atomic E-state index is 0.515. The van der Waals surface area contributed by atoms with E-state index in [2.05, 4.69) is 181 Å². The predicted molar refractivity (Wildman–Crippen MR) is 228 cm³/mol. The molecule has 1 heterocycles. The van der Waals surface area contributed by atoms with Gasteiger partial charge in [-0.1, -0.05) is 165 Å². The molecule has 0 radical (unpaired) electrons. The average molecular weight is 696 g/mol. The van der Waals surface area contributed by atoms with Crippen molar-refractivity contribution in [3.8, 4) is 33.4 Å². The highest BCUT2D eigenvalue weighted by atomic mass is 16.3. The molecule has 10 rings (SSSR count). The molecule has 2 heteroatoms. The van der Waals surface area contributed by atoms with Crippen molar-refractivity contribution < 1.29 is 4.42 Å². The second-order valence-corrected chi connectivity index (χ2v) is 14.7. The number of nitrogens with zero attached hydrogens (tertiary/aromatic N) is 1. The molecule has 0 atom stereocenters. The Kier molecular flexibility index (Phi) is 8.30. The van der Waals surface area contributed by atoms with Crippen molar-refractivity contribution in [1.82, 2.24) is 0 Å². The van der Waals surface area contributed by atoms with Crippen LogP contribution in [0, 0.1) is 0 Å². The molecular formula is C52H41NO. The van der Waals surface area contributed by atoms with Gasteiger partial charge in [-0.15, -0.1) is 0 Å². The van der Waals surface area contributed by atoms with Gasteiger partial charge >= 0.3 is 0 Å². The van der Waals surface area contributed by atoms with E-state index in [1.807, 2.05) is 6.07 Å². The molecule has 1 aliphatic carbocycles. The van der Waals surface area contributed by atoms with Gasteiger partial charge in [0, 0.05) is 33.6 Å². The Morgan fingerprint density at radius 3 is 1.76 bits per heavy atom. The van der Waals surface area contributed by atoms with Crippen LogP contribution in [0.2, 0.25) is 0 Å². The number of para-hydroxylation sites is 1. The van der Waals surface area contributed by atoms with E-state index in [-0.39, 0.29) is 0 Å². The first-order chi connectivity index (χ1) is 26.8. The van der Waals surface area contributed by atoms with Gasteiger partial charge in [0.1, 0.15) is 11.2 Å². The maximum absolute atomic E-state index is 6.51. The van der Waals surface area contributed by atoms with Gasteiger partial charge in [0.15, 0.2) is 0 Å². The lowest BCUT2D eigenvalue weighted by molar-refractivity contribution is 0.444. The molecule has 0 aliphatic heterocycles. The van der Waals surface area contributed by atoms with E-state index in [0.29, 0.717) is 5.92 Å². The molecule has 260 valence electrons. The fourth-order valence-corrected chi connectivity index (χ4v) is 8.88. The summed E-state index contributed by atoms with van der Waals surface area (Å²) in [6, 6.07) is 66.3. The maximum atomic E-state index is 6.51. The zero-order valence-corrected chi connectivity index (χ0v) is 30.3. The molecule has 1 aliphatic rings. The van der Waals surface area contributed by atoms with E-state index in [9.17, 15) is 0 Å². The number of rotatable bonds is 7. The lowest BCUT2D eigenvalue weighted by Crippen LogP contribution is -2.15. The summed E-state index contributed by atoms with van der Waals surface area (Å²) < 4.78 is 6.51. The predicted octanol–water partition coefficient (Wildman–Crippen LogP) is 15.3. The van der Waals surface area contributed by atoms with Crippen molar-refractivity contribution >= 4 is 49.8 Å². The first-order valence-electron chi connectivity index (χ1n) is 19.4. The molecule has 0 N–H and O–H groups in total. The van der Waals surface area contributed by atoms with Crippen molar-refractivity contribution in [1.29, 1.82) is 0 Å². The summed E-state index contributed by atoms with van der Waals surface area (Å²) in [5.41, 5.74) is 14.1. The molecule has 0 spiro atoms. The fraction of sp³-hybridized carbons (Fsp3) is 0.115.